The predicted molar refractivity (Wildman–Crippen MR) is 265 cm³/mol. The minimum absolute atomic E-state index is 0.0657. The minimum atomic E-state index is -0.161. The molecule has 5 aromatic rings. The molecule has 65 heavy (non-hydrogen) atoms. The fourth-order valence-corrected chi connectivity index (χ4v) is 10.4. The lowest BCUT2D eigenvalue weighted by Crippen LogP contribution is -2.37. The molecule has 12 heteroatoms. The highest BCUT2D eigenvalue weighted by atomic mass is 32.8. The van der Waals surface area contributed by atoms with Crippen LogP contribution in [0.3, 0.4) is 0 Å². The molecule has 0 fully saturated rings. The van der Waals surface area contributed by atoms with Gasteiger partial charge in [0.1, 0.15) is 19.0 Å². The van der Waals surface area contributed by atoms with Gasteiger partial charge in [-0.15, -0.1) is 9.45 Å². The molecule has 4 aliphatic rings. The van der Waals surface area contributed by atoms with Crippen LogP contribution in [-0.4, -0.2) is 75.0 Å². The molecule has 338 valence electrons. The van der Waals surface area contributed by atoms with E-state index in [1.807, 2.05) is 59.3 Å². The largest absolute Gasteiger partial charge is 0.493 e. The van der Waals surface area contributed by atoms with Crippen LogP contribution in [0.2, 0.25) is 0 Å². The Morgan fingerprint density at radius 3 is 2.17 bits per heavy atom. The second-order valence-corrected chi connectivity index (χ2v) is 21.7. The number of nitrogens with zero attached hydrogens (tertiary/aromatic N) is 4. The van der Waals surface area contributed by atoms with Crippen molar-refractivity contribution in [3.8, 4) is 17.2 Å². The number of rotatable bonds is 16. The molecular weight excluding hydrogens is 853 g/mol. The van der Waals surface area contributed by atoms with E-state index in [0.717, 1.165) is 101 Å². The molecule has 5 aromatic carbocycles. The van der Waals surface area contributed by atoms with Crippen LogP contribution in [0.4, 0.5) is 22.7 Å². The summed E-state index contributed by atoms with van der Waals surface area (Å²) in [4.78, 5) is 39.2. The van der Waals surface area contributed by atoms with Gasteiger partial charge in [0.2, 0.25) is 0 Å². The molecule has 0 N–H and O–H groups in total. The lowest BCUT2D eigenvalue weighted by Gasteiger charge is -2.29. The first-order valence-corrected chi connectivity index (χ1v) is 25.2. The van der Waals surface area contributed by atoms with Gasteiger partial charge in [-0.05, 0) is 127 Å². The Morgan fingerprint density at radius 2 is 1.46 bits per heavy atom. The van der Waals surface area contributed by atoms with Crippen LogP contribution >= 0.6 is 0 Å². The van der Waals surface area contributed by atoms with Crippen molar-refractivity contribution in [2.45, 2.75) is 89.3 Å². The smallest absolute Gasteiger partial charge is 0.261 e. The number of methoxy groups -OCH3 is 2. The van der Waals surface area contributed by atoms with Crippen molar-refractivity contribution in [3.05, 3.63) is 136 Å². The summed E-state index contributed by atoms with van der Waals surface area (Å²) in [6.07, 6.45) is 9.30. The molecule has 4 heterocycles. The highest BCUT2D eigenvalue weighted by Crippen LogP contribution is 2.42. The lowest BCUT2D eigenvalue weighted by atomic mass is 9.98. The van der Waals surface area contributed by atoms with E-state index in [0.29, 0.717) is 42.5 Å². The highest BCUT2D eigenvalue weighted by Gasteiger charge is 2.38. The maximum atomic E-state index is 14.1. The summed E-state index contributed by atoms with van der Waals surface area (Å²) in [6.45, 7) is 9.20. The van der Waals surface area contributed by atoms with Crippen molar-refractivity contribution in [3.63, 3.8) is 0 Å². The molecule has 10 nitrogen and oxygen atoms in total. The molecule has 4 aliphatic heterocycles. The van der Waals surface area contributed by atoms with Crippen LogP contribution in [0.5, 0.6) is 17.2 Å². The minimum Gasteiger partial charge on any atom is -0.493 e. The van der Waals surface area contributed by atoms with Crippen molar-refractivity contribution in [2.24, 2.45) is 4.99 Å². The third kappa shape index (κ3) is 9.05. The number of benzene rings is 5. The third-order valence-electron chi connectivity index (χ3n) is 13.5. The van der Waals surface area contributed by atoms with Crippen LogP contribution in [-0.2, 0) is 57.9 Å². The second kappa shape index (κ2) is 18.7. The molecular formula is C53H58N4O6S2. The third-order valence-corrected chi connectivity index (χ3v) is 16.7. The van der Waals surface area contributed by atoms with Gasteiger partial charge in [-0.3, -0.25) is 19.5 Å². The molecule has 0 aromatic heterocycles. The SMILES string of the molecule is COCCN(CCCC(C)(C)S(C)=S)c1cc(COc2cc3c(cc2C)C(=O)N2c4ccccc4C[C@H]2CC3)cc(COc2cc3c(cc2OC)C(=O)N2c4ccccc4C[C@H]2C=N3)c1. The van der Waals surface area contributed by atoms with Crippen molar-refractivity contribution in [1.29, 1.82) is 0 Å². The summed E-state index contributed by atoms with van der Waals surface area (Å²) in [5.41, 5.74) is 11.0. The summed E-state index contributed by atoms with van der Waals surface area (Å²) < 4.78 is 24.8. The number of carbonyl (C=O) groups is 2. The molecule has 0 saturated heterocycles. The first-order valence-electron chi connectivity index (χ1n) is 22.6. The van der Waals surface area contributed by atoms with E-state index in [1.165, 1.54) is 5.56 Å². The first kappa shape index (κ1) is 44.6. The second-order valence-electron chi connectivity index (χ2n) is 18.2. The summed E-state index contributed by atoms with van der Waals surface area (Å²) >= 11 is 5.73. The van der Waals surface area contributed by atoms with Gasteiger partial charge in [-0.25, -0.2) is 0 Å². The van der Waals surface area contributed by atoms with Gasteiger partial charge in [0.25, 0.3) is 11.8 Å². The maximum absolute atomic E-state index is 14.1. The number of hydrogen-bond donors (Lipinski definition) is 0. The van der Waals surface area contributed by atoms with E-state index in [1.54, 1.807) is 20.3 Å². The molecule has 0 aliphatic carbocycles. The normalized spacial score (nSPS) is 17.6. The number of aliphatic imine (C=N–C) groups is 1. The average Bonchev–Trinajstić information content (AvgIpc) is 3.80. The van der Waals surface area contributed by atoms with Gasteiger partial charge in [0.15, 0.2) is 11.5 Å². The molecule has 0 radical (unpaired) electrons. The number of anilines is 3. The fourth-order valence-electron chi connectivity index (χ4n) is 9.72. The number of para-hydroxylation sites is 2. The lowest BCUT2D eigenvalue weighted by molar-refractivity contribution is 0.0975. The van der Waals surface area contributed by atoms with Crippen LogP contribution in [0.1, 0.15) is 87.2 Å². The molecule has 9 rings (SSSR count). The Hall–Kier alpha value is -5.56. The van der Waals surface area contributed by atoms with Crippen LogP contribution < -0.4 is 28.9 Å². The zero-order valence-electron chi connectivity index (χ0n) is 38.2. The van der Waals surface area contributed by atoms with Gasteiger partial charge >= 0.3 is 0 Å². The van der Waals surface area contributed by atoms with Crippen molar-refractivity contribution in [1.82, 2.24) is 0 Å². The molecule has 3 atom stereocenters. The zero-order chi connectivity index (χ0) is 45.4. The number of ether oxygens (including phenoxy) is 4. The summed E-state index contributed by atoms with van der Waals surface area (Å²) in [5.74, 6) is 1.68. The van der Waals surface area contributed by atoms with Gasteiger partial charge < -0.3 is 28.7 Å². The summed E-state index contributed by atoms with van der Waals surface area (Å²) in [7, 11) is 3.20. The van der Waals surface area contributed by atoms with E-state index in [2.05, 4.69) is 73.5 Å². The Kier molecular flexibility index (Phi) is 12.9. The quantitative estimate of drug-likeness (QED) is 0.0967. The van der Waals surface area contributed by atoms with E-state index in [9.17, 15) is 9.59 Å². The average molecular weight is 911 g/mol. The molecule has 1 unspecified atom stereocenters. The maximum Gasteiger partial charge on any atom is 0.261 e. The Balaban J connectivity index is 0.991. The topological polar surface area (TPSA) is 93.1 Å². The number of aryl methyl sites for hydroxylation is 2. The van der Waals surface area contributed by atoms with E-state index < -0.39 is 0 Å². The number of fused-ring (bicyclic) bond motifs is 8. The van der Waals surface area contributed by atoms with Gasteiger partial charge in [0, 0.05) is 72.3 Å². The van der Waals surface area contributed by atoms with Crippen molar-refractivity contribution >= 4 is 61.4 Å². The summed E-state index contributed by atoms with van der Waals surface area (Å²) in [5, 5.41) is 0. The molecule has 0 spiro atoms. The zero-order valence-corrected chi connectivity index (χ0v) is 39.9. The number of hydrogen-bond acceptors (Lipinski definition) is 9. The molecule has 0 bridgehead atoms. The molecule has 2 amide bonds. The Bertz CT molecular complexity index is 2700. The van der Waals surface area contributed by atoms with E-state index in [4.69, 9.17) is 35.1 Å². The van der Waals surface area contributed by atoms with E-state index in [-0.39, 0.29) is 44.7 Å². The van der Waals surface area contributed by atoms with Crippen molar-refractivity contribution < 1.29 is 28.5 Å². The van der Waals surface area contributed by atoms with Crippen LogP contribution in [0.25, 0.3) is 0 Å². The van der Waals surface area contributed by atoms with Crippen LogP contribution in [0, 0.1) is 6.92 Å². The van der Waals surface area contributed by atoms with Crippen LogP contribution in [0.15, 0.2) is 96.0 Å². The highest BCUT2D eigenvalue weighted by molar-refractivity contribution is 8.29. The Morgan fingerprint density at radius 1 is 0.785 bits per heavy atom. The van der Waals surface area contributed by atoms with Crippen molar-refractivity contribution in [2.75, 3.05) is 54.9 Å². The van der Waals surface area contributed by atoms with Gasteiger partial charge in [-0.2, -0.15) is 0 Å². The number of amides is 2. The Labute approximate surface area is 390 Å². The number of carbonyl (C=O) groups excluding carboxylic acids is 2. The fraction of sp³-hybridized carbons (Fsp3) is 0.377. The predicted octanol–water partition coefficient (Wildman–Crippen LogP) is 9.69. The monoisotopic (exact) mass is 910 g/mol. The van der Waals surface area contributed by atoms with Gasteiger partial charge in [-0.1, -0.05) is 61.4 Å². The standard InChI is InChI=1S/C53H58N4O6S2/c1-34-22-43-37(16-17-40-26-38-12-7-9-14-46(38)56(40)51(43)58)28-48(34)62-32-35-23-36(25-41(24-35)55(20-21-60-4)19-11-18-53(2,3)65(6)64)33-63-50-30-45-44(29-49(50)61-5)52(59)57-42(31-54-45)27-39-13-8-10-15-47(39)57/h7-10,12-15,22-25,28-31,40,42H,11,16-21,26-27,32-33H2,1-6H3/t40-,42+,65?/m1/s1. The first-order chi connectivity index (χ1) is 31.4. The van der Waals surface area contributed by atoms with Gasteiger partial charge in [0.05, 0.1) is 31.0 Å². The summed E-state index contributed by atoms with van der Waals surface area (Å²) in [6, 6.07) is 30.5. The van der Waals surface area contributed by atoms with E-state index >= 15 is 0 Å². The molecule has 0 saturated carbocycles.